The van der Waals surface area contributed by atoms with Gasteiger partial charge in [-0.05, 0) is 61.1 Å². The Morgan fingerprint density at radius 1 is 1.11 bits per heavy atom. The van der Waals surface area contributed by atoms with Gasteiger partial charge in [-0.1, -0.05) is 0 Å². The minimum Gasteiger partial charge on any atom is -0.289 e. The topological polar surface area (TPSA) is 68.0 Å². The SMILES string of the molecule is O=c1cc(CCn2ncc3c2CCCC3)nc2cc(-c3ccc(F)cc3)[nH]n12. The van der Waals surface area contributed by atoms with Gasteiger partial charge >= 0.3 is 0 Å². The number of hydrogen-bond donors (Lipinski definition) is 1. The fourth-order valence-corrected chi connectivity index (χ4v) is 3.91. The van der Waals surface area contributed by atoms with Crippen LogP contribution in [0, 0.1) is 5.82 Å². The molecule has 3 heterocycles. The van der Waals surface area contributed by atoms with Crippen LogP contribution >= 0.6 is 0 Å². The van der Waals surface area contributed by atoms with Gasteiger partial charge in [0.2, 0.25) is 0 Å². The van der Waals surface area contributed by atoms with Crippen LogP contribution in [0.2, 0.25) is 0 Å². The van der Waals surface area contributed by atoms with Crippen LogP contribution in [0.5, 0.6) is 0 Å². The monoisotopic (exact) mass is 377 g/mol. The Kier molecular flexibility index (Phi) is 4.07. The molecule has 0 radical (unpaired) electrons. The Bertz CT molecular complexity index is 1200. The number of nitrogens with one attached hydrogen (secondary N) is 1. The van der Waals surface area contributed by atoms with E-state index in [2.05, 4.69) is 19.9 Å². The van der Waals surface area contributed by atoms with Crippen molar-refractivity contribution in [1.82, 2.24) is 24.4 Å². The Labute approximate surface area is 160 Å². The number of benzene rings is 1. The second-order valence-corrected chi connectivity index (χ2v) is 7.25. The highest BCUT2D eigenvalue weighted by Crippen LogP contribution is 2.21. The predicted molar refractivity (Wildman–Crippen MR) is 104 cm³/mol. The number of fused-ring (bicyclic) bond motifs is 2. The highest BCUT2D eigenvalue weighted by molar-refractivity contribution is 5.63. The fourth-order valence-electron chi connectivity index (χ4n) is 3.91. The molecule has 0 spiro atoms. The summed E-state index contributed by atoms with van der Waals surface area (Å²) >= 11 is 0. The third-order valence-corrected chi connectivity index (χ3v) is 5.38. The van der Waals surface area contributed by atoms with Crippen LogP contribution in [0.3, 0.4) is 0 Å². The molecule has 0 atom stereocenters. The first-order valence-corrected chi connectivity index (χ1v) is 9.58. The van der Waals surface area contributed by atoms with E-state index in [1.165, 1.54) is 40.7 Å². The van der Waals surface area contributed by atoms with Crippen LogP contribution in [0.4, 0.5) is 4.39 Å². The molecule has 142 valence electrons. The maximum atomic E-state index is 13.1. The lowest BCUT2D eigenvalue weighted by Crippen LogP contribution is -2.17. The van der Waals surface area contributed by atoms with Gasteiger partial charge in [0.05, 0.1) is 17.6 Å². The summed E-state index contributed by atoms with van der Waals surface area (Å²) in [6.45, 7) is 0.715. The molecule has 7 heteroatoms. The van der Waals surface area contributed by atoms with Crippen LogP contribution in [0.1, 0.15) is 29.8 Å². The van der Waals surface area contributed by atoms with E-state index >= 15 is 0 Å². The van der Waals surface area contributed by atoms with Crippen molar-refractivity contribution in [3.63, 3.8) is 0 Å². The molecule has 0 unspecified atom stereocenters. The Balaban J connectivity index is 1.42. The van der Waals surface area contributed by atoms with E-state index in [4.69, 9.17) is 0 Å². The zero-order valence-corrected chi connectivity index (χ0v) is 15.4. The zero-order chi connectivity index (χ0) is 19.1. The van der Waals surface area contributed by atoms with Crippen LogP contribution in [0.25, 0.3) is 16.9 Å². The lowest BCUT2D eigenvalue weighted by Gasteiger charge is -2.13. The van der Waals surface area contributed by atoms with E-state index in [-0.39, 0.29) is 11.4 Å². The number of halogens is 1. The number of hydrogen-bond acceptors (Lipinski definition) is 3. The normalized spacial score (nSPS) is 13.8. The third-order valence-electron chi connectivity index (χ3n) is 5.38. The van der Waals surface area contributed by atoms with Gasteiger partial charge in [0.15, 0.2) is 5.65 Å². The van der Waals surface area contributed by atoms with Crippen molar-refractivity contribution in [1.29, 1.82) is 0 Å². The van der Waals surface area contributed by atoms with E-state index in [0.29, 0.717) is 18.6 Å². The van der Waals surface area contributed by atoms with Gasteiger partial charge in [0, 0.05) is 30.8 Å². The summed E-state index contributed by atoms with van der Waals surface area (Å²) in [5.41, 5.74) is 5.35. The third kappa shape index (κ3) is 3.02. The van der Waals surface area contributed by atoms with Gasteiger partial charge in [0.1, 0.15) is 5.82 Å². The van der Waals surface area contributed by atoms with Gasteiger partial charge in [-0.2, -0.15) is 5.10 Å². The second-order valence-electron chi connectivity index (χ2n) is 7.25. The van der Waals surface area contributed by atoms with Crippen LogP contribution in [0.15, 0.2) is 47.4 Å². The molecule has 1 aliphatic rings. The standard InChI is InChI=1S/C21H20FN5O/c22-16-7-5-14(6-8-16)18-12-20-24-17(11-21(28)27(20)25-18)9-10-26-19-4-2-1-3-15(19)13-23-26/h5-8,11-13,25H,1-4,9-10H2. The number of H-pyrrole nitrogens is 1. The largest absolute Gasteiger partial charge is 0.289 e. The Morgan fingerprint density at radius 3 is 2.79 bits per heavy atom. The van der Waals surface area contributed by atoms with Gasteiger partial charge in [-0.25, -0.2) is 13.9 Å². The first kappa shape index (κ1) is 16.9. The minimum atomic E-state index is -0.293. The Hall–Kier alpha value is -3.22. The van der Waals surface area contributed by atoms with Gasteiger partial charge in [-0.15, -0.1) is 0 Å². The highest BCUT2D eigenvalue weighted by atomic mass is 19.1. The minimum absolute atomic E-state index is 0.157. The van der Waals surface area contributed by atoms with E-state index in [1.54, 1.807) is 18.2 Å². The van der Waals surface area contributed by atoms with Gasteiger partial charge < -0.3 is 0 Å². The van der Waals surface area contributed by atoms with Crippen molar-refractivity contribution in [2.45, 2.75) is 38.6 Å². The molecule has 1 N–H and O–H groups in total. The molecule has 0 saturated carbocycles. The van der Waals surface area contributed by atoms with E-state index in [9.17, 15) is 9.18 Å². The molecule has 1 aromatic carbocycles. The summed E-state index contributed by atoms with van der Waals surface area (Å²) in [6.07, 6.45) is 7.25. The van der Waals surface area contributed by atoms with Crippen molar-refractivity contribution < 1.29 is 4.39 Å². The molecule has 0 saturated heterocycles. The summed E-state index contributed by atoms with van der Waals surface area (Å²) in [7, 11) is 0. The maximum absolute atomic E-state index is 13.1. The average molecular weight is 377 g/mol. The molecule has 0 aliphatic heterocycles. The number of nitrogens with zero attached hydrogens (tertiary/aromatic N) is 4. The summed E-state index contributed by atoms with van der Waals surface area (Å²) in [5, 5.41) is 7.56. The van der Waals surface area contributed by atoms with Crippen molar-refractivity contribution in [2.24, 2.45) is 0 Å². The summed E-state index contributed by atoms with van der Waals surface area (Å²) in [6, 6.07) is 9.52. The molecular formula is C21H20FN5O. The van der Waals surface area contributed by atoms with Crippen LogP contribution in [-0.4, -0.2) is 24.4 Å². The summed E-state index contributed by atoms with van der Waals surface area (Å²) in [4.78, 5) is 17.1. The number of aryl methyl sites for hydroxylation is 3. The molecule has 0 bridgehead atoms. The quantitative estimate of drug-likeness (QED) is 0.594. The van der Waals surface area contributed by atoms with Crippen LogP contribution < -0.4 is 5.56 Å². The highest BCUT2D eigenvalue weighted by Gasteiger charge is 2.15. The first-order valence-electron chi connectivity index (χ1n) is 9.58. The molecule has 28 heavy (non-hydrogen) atoms. The molecule has 4 aromatic rings. The van der Waals surface area contributed by atoms with E-state index < -0.39 is 0 Å². The Morgan fingerprint density at radius 2 is 1.93 bits per heavy atom. The second kappa shape index (κ2) is 6.74. The van der Waals surface area contributed by atoms with Crippen molar-refractivity contribution in [2.75, 3.05) is 0 Å². The van der Waals surface area contributed by atoms with Gasteiger partial charge in [-0.3, -0.25) is 14.6 Å². The molecule has 6 nitrogen and oxygen atoms in total. The van der Waals surface area contributed by atoms with Gasteiger partial charge in [0.25, 0.3) is 5.56 Å². The first-order chi connectivity index (χ1) is 13.7. The predicted octanol–water partition coefficient (Wildman–Crippen LogP) is 3.15. The van der Waals surface area contributed by atoms with Crippen molar-refractivity contribution in [3.8, 4) is 11.3 Å². The molecule has 5 rings (SSSR count). The van der Waals surface area contributed by atoms with Crippen LogP contribution in [-0.2, 0) is 25.8 Å². The lowest BCUT2D eigenvalue weighted by atomic mass is 9.98. The van der Waals surface area contributed by atoms with Crippen molar-refractivity contribution >= 4 is 5.65 Å². The molecule has 0 amide bonds. The molecular weight excluding hydrogens is 357 g/mol. The molecule has 1 aliphatic carbocycles. The lowest BCUT2D eigenvalue weighted by molar-refractivity contribution is 0.553. The average Bonchev–Trinajstić information content (AvgIpc) is 3.31. The number of rotatable bonds is 4. The molecule has 3 aromatic heterocycles. The van der Waals surface area contributed by atoms with E-state index in [1.807, 2.05) is 12.3 Å². The molecule has 0 fully saturated rings. The number of aromatic nitrogens is 5. The summed E-state index contributed by atoms with van der Waals surface area (Å²) in [5.74, 6) is -0.293. The maximum Gasteiger partial charge on any atom is 0.272 e. The van der Waals surface area contributed by atoms with Crippen molar-refractivity contribution in [3.05, 3.63) is 75.7 Å². The zero-order valence-electron chi connectivity index (χ0n) is 15.4. The number of aromatic amines is 1. The summed E-state index contributed by atoms with van der Waals surface area (Å²) < 4.78 is 16.6. The smallest absolute Gasteiger partial charge is 0.272 e. The van der Waals surface area contributed by atoms with E-state index in [0.717, 1.165) is 29.8 Å². The fraction of sp³-hybridized carbons (Fsp3) is 0.286.